The standard InChI is InChI=1S/C89H148O16P2/c1-4-7-10-13-16-19-22-25-28-31-33-35-37-38-39-40-41-42-43-44-46-48-49-52-54-57-60-63-66-69-72-75-87(92)99-78-84(90)79-101-106(95,96)102-80-85(91)81-103-107(97,98)104-83-86(105-89(94)77-74-71-68-65-62-59-56-51-30-27-24-21-18-15-12-9-6-3)82-100-88(93)76-73-70-67-64-61-58-55-53-50-47-45-36-34-32-29-26-23-20-17-14-11-8-5-2/h7,9-10,12,16-21,25-30,33-36,38-39,47,50,56,59,65,68,84-86,90-91H,4-6,8,11,13-15,22-24,31-32,37,40-46,48-49,51-55,57-58,60-64,66-67,69-83H2,1-3H3,(H,95,96)(H,97,98)/b10-7-,12-9-,19-16-,20-17-,21-18-,28-25-,29-26-,30-27-,35-33-,36-34-,39-38-,50-47-,59-56-,68-65-. The number of aliphatic hydroxyl groups excluding tert-OH is 2. The van der Waals surface area contributed by atoms with E-state index in [0.29, 0.717) is 25.7 Å². The fraction of sp³-hybridized carbons (Fsp3) is 0.652. The minimum atomic E-state index is -4.96. The van der Waals surface area contributed by atoms with Gasteiger partial charge < -0.3 is 34.2 Å². The minimum absolute atomic E-state index is 0.0185. The van der Waals surface area contributed by atoms with Crippen LogP contribution >= 0.6 is 15.6 Å². The summed E-state index contributed by atoms with van der Waals surface area (Å²) >= 11 is 0. The number of carbonyl (C=O) groups is 3. The zero-order chi connectivity index (χ0) is 78.0. The molecule has 0 saturated carbocycles. The normalized spacial score (nSPS) is 14.8. The van der Waals surface area contributed by atoms with E-state index in [1.54, 1.807) is 0 Å². The molecule has 0 aromatic carbocycles. The molecule has 16 nitrogen and oxygen atoms in total. The fourth-order valence-corrected chi connectivity index (χ4v) is 12.3. The van der Waals surface area contributed by atoms with Crippen LogP contribution in [0.25, 0.3) is 0 Å². The Morgan fingerprint density at radius 1 is 0.271 bits per heavy atom. The third-order valence-electron chi connectivity index (χ3n) is 16.9. The van der Waals surface area contributed by atoms with E-state index < -0.39 is 91.5 Å². The van der Waals surface area contributed by atoms with Crippen LogP contribution in [0.5, 0.6) is 0 Å². The summed E-state index contributed by atoms with van der Waals surface area (Å²) in [6.07, 6.45) is 103. The van der Waals surface area contributed by atoms with Gasteiger partial charge in [0, 0.05) is 19.3 Å². The molecule has 0 fully saturated rings. The third-order valence-corrected chi connectivity index (χ3v) is 18.8. The summed E-state index contributed by atoms with van der Waals surface area (Å²) < 4.78 is 61.2. The Labute approximate surface area is 650 Å². The molecule has 0 aromatic rings. The van der Waals surface area contributed by atoms with Gasteiger partial charge in [-0.3, -0.25) is 32.5 Å². The van der Waals surface area contributed by atoms with E-state index in [1.165, 1.54) is 103 Å². The Morgan fingerprint density at radius 2 is 0.505 bits per heavy atom. The van der Waals surface area contributed by atoms with E-state index in [2.05, 4.69) is 179 Å². The monoisotopic (exact) mass is 1540 g/mol. The van der Waals surface area contributed by atoms with E-state index in [4.69, 9.17) is 32.3 Å². The van der Waals surface area contributed by atoms with Gasteiger partial charge in [-0.25, -0.2) is 9.13 Å². The van der Waals surface area contributed by atoms with Crippen LogP contribution in [0.4, 0.5) is 0 Å². The average molecular weight is 1540 g/mol. The van der Waals surface area contributed by atoms with Crippen LogP contribution in [0.3, 0.4) is 0 Å². The number of phosphoric acid groups is 2. The number of aliphatic hydroxyl groups is 2. The van der Waals surface area contributed by atoms with Crippen molar-refractivity contribution in [3.05, 3.63) is 170 Å². The van der Waals surface area contributed by atoms with Crippen molar-refractivity contribution in [3.8, 4) is 0 Å². The highest BCUT2D eigenvalue weighted by atomic mass is 31.2. The highest BCUT2D eigenvalue weighted by Crippen LogP contribution is 2.45. The predicted octanol–water partition coefficient (Wildman–Crippen LogP) is 24.8. The molecule has 0 spiro atoms. The Balaban J connectivity index is 4.58. The molecule has 0 aliphatic heterocycles. The summed E-state index contributed by atoms with van der Waals surface area (Å²) in [5.41, 5.74) is 0. The van der Waals surface area contributed by atoms with Crippen LogP contribution in [0, 0.1) is 0 Å². The Morgan fingerprint density at radius 3 is 0.813 bits per heavy atom. The van der Waals surface area contributed by atoms with E-state index in [9.17, 15) is 43.5 Å². The third kappa shape index (κ3) is 81.7. The smallest absolute Gasteiger partial charge is 0.463 e. The number of carbonyl (C=O) groups excluding carboxylic acids is 3. The highest BCUT2D eigenvalue weighted by Gasteiger charge is 2.29. The molecule has 610 valence electrons. The molecule has 5 unspecified atom stereocenters. The van der Waals surface area contributed by atoms with Gasteiger partial charge in [-0.15, -0.1) is 0 Å². The van der Waals surface area contributed by atoms with Crippen LogP contribution in [-0.2, 0) is 55.8 Å². The lowest BCUT2D eigenvalue weighted by molar-refractivity contribution is -0.161. The molecule has 0 amide bonds. The molecule has 4 N–H and O–H groups in total. The molecule has 18 heteroatoms. The fourth-order valence-electron chi connectivity index (χ4n) is 10.7. The van der Waals surface area contributed by atoms with Crippen LogP contribution in [0.2, 0.25) is 0 Å². The summed E-state index contributed by atoms with van der Waals surface area (Å²) in [4.78, 5) is 58.7. The van der Waals surface area contributed by atoms with Crippen molar-refractivity contribution in [2.75, 3.05) is 39.6 Å². The predicted molar refractivity (Wildman–Crippen MR) is 445 cm³/mol. The second-order valence-corrected chi connectivity index (χ2v) is 30.1. The molecule has 107 heavy (non-hydrogen) atoms. The van der Waals surface area contributed by atoms with Crippen molar-refractivity contribution in [1.29, 1.82) is 0 Å². The summed E-state index contributed by atoms with van der Waals surface area (Å²) in [7, 11) is -9.83. The van der Waals surface area contributed by atoms with Gasteiger partial charge in [-0.2, -0.15) is 0 Å². The van der Waals surface area contributed by atoms with Gasteiger partial charge in [0.15, 0.2) is 6.10 Å². The molecule has 0 aliphatic carbocycles. The van der Waals surface area contributed by atoms with Gasteiger partial charge in [0.1, 0.15) is 25.4 Å². The van der Waals surface area contributed by atoms with Gasteiger partial charge in [-0.1, -0.05) is 319 Å². The quantitative estimate of drug-likeness (QED) is 0.0146. The first-order chi connectivity index (χ1) is 52.2. The van der Waals surface area contributed by atoms with E-state index >= 15 is 0 Å². The lowest BCUT2D eigenvalue weighted by atomic mass is 10.0. The minimum Gasteiger partial charge on any atom is -0.463 e. The molecule has 0 aliphatic rings. The maximum absolute atomic E-state index is 13.0. The largest absolute Gasteiger partial charge is 0.472 e. The van der Waals surface area contributed by atoms with Crippen molar-refractivity contribution in [2.24, 2.45) is 0 Å². The Kier molecular flexibility index (Phi) is 76.6. The first-order valence-electron chi connectivity index (χ1n) is 41.4. The summed E-state index contributed by atoms with van der Waals surface area (Å²) in [6.45, 7) is 2.35. The maximum atomic E-state index is 13.0. The number of phosphoric ester groups is 2. The number of esters is 3. The van der Waals surface area contributed by atoms with E-state index in [1.807, 2.05) is 12.2 Å². The second kappa shape index (κ2) is 80.4. The molecule has 0 aromatic heterocycles. The van der Waals surface area contributed by atoms with Gasteiger partial charge in [0.05, 0.1) is 26.4 Å². The maximum Gasteiger partial charge on any atom is 0.472 e. The topological polar surface area (TPSA) is 231 Å². The molecule has 0 rings (SSSR count). The number of hydrogen-bond acceptors (Lipinski definition) is 14. The second-order valence-electron chi connectivity index (χ2n) is 27.2. The molecular weight excluding hydrogens is 1390 g/mol. The number of unbranched alkanes of at least 4 members (excludes halogenated alkanes) is 26. The van der Waals surface area contributed by atoms with Crippen LogP contribution in [-0.4, -0.2) is 95.9 Å². The zero-order valence-corrected chi connectivity index (χ0v) is 68.5. The zero-order valence-electron chi connectivity index (χ0n) is 66.7. The molecule has 0 saturated heterocycles. The summed E-state index contributed by atoms with van der Waals surface area (Å²) in [5.74, 6) is -1.66. The molecule has 0 bridgehead atoms. The summed E-state index contributed by atoms with van der Waals surface area (Å²) in [5, 5.41) is 20.7. The lowest BCUT2D eigenvalue weighted by Crippen LogP contribution is -2.30. The first kappa shape index (κ1) is 102. The first-order valence-corrected chi connectivity index (χ1v) is 44.4. The number of ether oxygens (including phenoxy) is 3. The Hall–Kier alpha value is -5.09. The van der Waals surface area contributed by atoms with Crippen LogP contribution in [0.1, 0.15) is 316 Å². The summed E-state index contributed by atoms with van der Waals surface area (Å²) in [6, 6.07) is 0. The average Bonchev–Trinajstić information content (AvgIpc) is 0.909. The van der Waals surface area contributed by atoms with E-state index in [-0.39, 0.29) is 19.3 Å². The molecule has 0 radical (unpaired) electrons. The number of rotatable bonds is 77. The van der Waals surface area contributed by atoms with Gasteiger partial charge in [0.2, 0.25) is 0 Å². The molecular formula is C89H148O16P2. The van der Waals surface area contributed by atoms with Crippen molar-refractivity contribution in [1.82, 2.24) is 0 Å². The van der Waals surface area contributed by atoms with Crippen LogP contribution in [0.15, 0.2) is 170 Å². The van der Waals surface area contributed by atoms with Crippen LogP contribution < -0.4 is 0 Å². The SMILES string of the molecule is CC/C=C\C/C=C\C/C=C\C/C=C\C/C=C\CCCCCCCCCCCCCCCCCC(=O)OCC(O)COP(=O)(O)OCC(O)COP(=O)(O)OCC(COC(=O)CCCCCCCCC/C=C\C/C=C\C/C=C\C/C=C\CCCCC)OC(=O)CCC/C=C\C/C=C\C/C=C\C/C=C\C/C=C\CC. The van der Waals surface area contributed by atoms with Gasteiger partial charge >= 0.3 is 33.6 Å². The number of allylic oxidation sites excluding steroid dienone is 28. The molecule has 5 atom stereocenters. The molecule has 0 heterocycles. The Bertz CT molecular complexity index is 2620. The van der Waals surface area contributed by atoms with Crippen molar-refractivity contribution in [2.45, 2.75) is 334 Å². The van der Waals surface area contributed by atoms with Crippen molar-refractivity contribution in [3.63, 3.8) is 0 Å². The van der Waals surface area contributed by atoms with Crippen molar-refractivity contribution >= 4 is 33.6 Å². The van der Waals surface area contributed by atoms with Gasteiger partial charge in [0.25, 0.3) is 0 Å². The number of hydrogen-bond donors (Lipinski definition) is 4. The van der Waals surface area contributed by atoms with Crippen molar-refractivity contribution < 1.29 is 75.8 Å². The van der Waals surface area contributed by atoms with E-state index in [0.717, 1.165) is 148 Å². The van der Waals surface area contributed by atoms with Gasteiger partial charge in [-0.05, 0) is 148 Å². The highest BCUT2D eigenvalue weighted by molar-refractivity contribution is 7.47. The lowest BCUT2D eigenvalue weighted by Gasteiger charge is -2.21.